The van der Waals surface area contributed by atoms with E-state index < -0.39 is 5.41 Å². The normalized spacial score (nSPS) is 17.9. The second-order valence-corrected chi connectivity index (χ2v) is 9.81. The summed E-state index contributed by atoms with van der Waals surface area (Å²) >= 11 is 0. The van der Waals surface area contributed by atoms with Gasteiger partial charge in [0.05, 0.1) is 16.8 Å². The molecule has 4 aromatic carbocycles. The van der Waals surface area contributed by atoms with Crippen LogP contribution in [0.2, 0.25) is 0 Å². The quantitative estimate of drug-likeness (QED) is 0.282. The fraction of sp³-hybridized carbons (Fsp3) is 0.226. The van der Waals surface area contributed by atoms with E-state index in [1.54, 1.807) is 0 Å². The molecule has 2 aliphatic rings. The Hall–Kier alpha value is -3.56. The highest BCUT2D eigenvalue weighted by molar-refractivity contribution is 5.97. The Morgan fingerprint density at radius 3 is 1.88 bits per heavy atom. The smallest absolute Gasteiger partial charge is 0.0726 e. The lowest BCUT2D eigenvalue weighted by atomic mass is 9.70. The minimum absolute atomic E-state index is 0.406. The second-order valence-electron chi connectivity index (χ2n) is 9.81. The largest absolute Gasteiger partial charge is 0.397 e. The average Bonchev–Trinajstić information content (AvgIpc) is 3.30. The van der Waals surface area contributed by atoms with Gasteiger partial charge in [0.2, 0.25) is 0 Å². The number of nitrogens with two attached hydrogens (primary N) is 3. The molecular weight excluding hydrogens is 414 g/mol. The molecule has 0 heterocycles. The number of fused-ring (bicyclic) bond motifs is 10. The van der Waals surface area contributed by atoms with Gasteiger partial charge in [0.25, 0.3) is 0 Å². The van der Waals surface area contributed by atoms with Crippen LogP contribution < -0.4 is 17.2 Å². The van der Waals surface area contributed by atoms with Gasteiger partial charge < -0.3 is 17.2 Å². The Kier molecular flexibility index (Phi) is 4.62. The molecule has 6 N–H and O–H groups in total. The summed E-state index contributed by atoms with van der Waals surface area (Å²) in [5.74, 6) is 0.481. The first kappa shape index (κ1) is 21.0. The van der Waals surface area contributed by atoms with E-state index in [1.165, 1.54) is 55.6 Å². The van der Waals surface area contributed by atoms with E-state index in [0.29, 0.717) is 23.8 Å². The first-order valence-electron chi connectivity index (χ1n) is 12.3. The van der Waals surface area contributed by atoms with Gasteiger partial charge >= 0.3 is 0 Å². The second kappa shape index (κ2) is 7.48. The van der Waals surface area contributed by atoms with Gasteiger partial charge in [-0.2, -0.15) is 0 Å². The van der Waals surface area contributed by atoms with Crippen molar-refractivity contribution in [1.82, 2.24) is 0 Å². The third-order valence-corrected chi connectivity index (χ3v) is 8.11. The molecule has 0 aliphatic heterocycles. The van der Waals surface area contributed by atoms with E-state index in [-0.39, 0.29) is 0 Å². The summed E-state index contributed by atoms with van der Waals surface area (Å²) in [5.41, 5.74) is 32.7. The molecule has 0 radical (unpaired) electrons. The van der Waals surface area contributed by atoms with E-state index in [4.69, 9.17) is 17.2 Å². The summed E-state index contributed by atoms with van der Waals surface area (Å²) in [6.07, 6.45) is 1.97. The number of nitrogen functional groups attached to an aromatic ring is 2. The monoisotopic (exact) mass is 445 g/mol. The van der Waals surface area contributed by atoms with Gasteiger partial charge in [-0.3, -0.25) is 0 Å². The Morgan fingerprint density at radius 1 is 0.706 bits per heavy atom. The van der Waals surface area contributed by atoms with Crippen molar-refractivity contribution in [2.75, 3.05) is 18.0 Å². The highest BCUT2D eigenvalue weighted by atomic mass is 14.7. The first-order valence-corrected chi connectivity index (χ1v) is 12.3. The van der Waals surface area contributed by atoms with Crippen LogP contribution in [0.5, 0.6) is 0 Å². The predicted octanol–water partition coefficient (Wildman–Crippen LogP) is 6.21. The average molecular weight is 446 g/mol. The highest BCUT2D eigenvalue weighted by Crippen LogP contribution is 2.63. The molecule has 1 spiro atoms. The van der Waals surface area contributed by atoms with Crippen LogP contribution in [-0.4, -0.2) is 6.54 Å². The fourth-order valence-electron chi connectivity index (χ4n) is 6.37. The number of hydrogen-bond acceptors (Lipinski definition) is 3. The summed E-state index contributed by atoms with van der Waals surface area (Å²) in [5, 5.41) is 0. The van der Waals surface area contributed by atoms with Crippen LogP contribution in [0.15, 0.2) is 72.8 Å². The molecule has 2 aliphatic carbocycles. The number of hydrogen-bond donors (Lipinski definition) is 3. The van der Waals surface area contributed by atoms with Gasteiger partial charge in [-0.25, -0.2) is 0 Å². The summed E-state index contributed by atoms with van der Waals surface area (Å²) in [6, 6.07) is 26.7. The molecule has 170 valence electrons. The minimum Gasteiger partial charge on any atom is -0.397 e. The van der Waals surface area contributed by atoms with E-state index in [9.17, 15) is 0 Å². The predicted molar refractivity (Wildman–Crippen MR) is 143 cm³/mol. The molecule has 2 unspecified atom stereocenters. The van der Waals surface area contributed by atoms with Crippen molar-refractivity contribution in [2.24, 2.45) is 5.73 Å². The summed E-state index contributed by atoms with van der Waals surface area (Å²) in [4.78, 5) is 0. The first-order chi connectivity index (χ1) is 16.5. The molecule has 0 aromatic heterocycles. The van der Waals surface area contributed by atoms with Crippen molar-refractivity contribution >= 4 is 11.4 Å². The molecular formula is C31H31N3. The third-order valence-electron chi connectivity index (χ3n) is 8.11. The topological polar surface area (TPSA) is 78.1 Å². The molecule has 6 rings (SSSR count). The molecule has 0 saturated carbocycles. The summed E-state index contributed by atoms with van der Waals surface area (Å²) in [7, 11) is 0. The Labute approximate surface area is 201 Å². The van der Waals surface area contributed by atoms with E-state index in [0.717, 1.165) is 12.8 Å². The molecule has 3 heteroatoms. The molecule has 0 amide bonds. The Bertz CT molecular complexity index is 1450. The van der Waals surface area contributed by atoms with Gasteiger partial charge in [0.1, 0.15) is 0 Å². The van der Waals surface area contributed by atoms with Crippen molar-refractivity contribution in [1.29, 1.82) is 0 Å². The molecule has 4 aromatic rings. The summed E-state index contributed by atoms with van der Waals surface area (Å²) < 4.78 is 0. The number of rotatable bonds is 4. The summed E-state index contributed by atoms with van der Waals surface area (Å²) in [6.45, 7) is 5.22. The Morgan fingerprint density at radius 2 is 1.26 bits per heavy atom. The lowest BCUT2D eigenvalue weighted by molar-refractivity contribution is 0.717. The van der Waals surface area contributed by atoms with Gasteiger partial charge in [-0.1, -0.05) is 74.5 Å². The third kappa shape index (κ3) is 2.56. The van der Waals surface area contributed by atoms with E-state index in [1.807, 2.05) is 0 Å². The van der Waals surface area contributed by atoms with Crippen LogP contribution in [0.25, 0.3) is 22.3 Å². The van der Waals surface area contributed by atoms with Crippen LogP contribution >= 0.6 is 0 Å². The molecule has 0 saturated heterocycles. The van der Waals surface area contributed by atoms with Crippen LogP contribution in [0.4, 0.5) is 11.4 Å². The lowest BCUT2D eigenvalue weighted by Gasteiger charge is -2.31. The maximum absolute atomic E-state index is 6.44. The van der Waals surface area contributed by atoms with Gasteiger partial charge in [0.15, 0.2) is 0 Å². The van der Waals surface area contributed by atoms with Crippen molar-refractivity contribution < 1.29 is 0 Å². The Balaban J connectivity index is 1.79. The highest BCUT2D eigenvalue weighted by Gasteiger charge is 2.52. The van der Waals surface area contributed by atoms with Gasteiger partial charge in [0, 0.05) is 0 Å². The molecule has 0 fully saturated rings. The molecule has 3 nitrogen and oxygen atoms in total. The van der Waals surface area contributed by atoms with Crippen molar-refractivity contribution in [3.05, 3.63) is 106 Å². The maximum atomic E-state index is 6.44. The van der Waals surface area contributed by atoms with Crippen molar-refractivity contribution in [3.8, 4) is 22.3 Å². The number of benzene rings is 4. The SMILES string of the molecule is CCC(C)c1cc2c(cc1CCN)C1(c3ccccc3-c3cc(N)c(N)cc31)c1ccccc1-2. The zero-order chi connectivity index (χ0) is 23.6. The molecule has 0 bridgehead atoms. The zero-order valence-electron chi connectivity index (χ0n) is 19.9. The van der Waals surface area contributed by atoms with Crippen LogP contribution in [0, 0.1) is 0 Å². The fourth-order valence-corrected chi connectivity index (χ4v) is 6.37. The van der Waals surface area contributed by atoms with Crippen molar-refractivity contribution in [2.45, 2.75) is 38.0 Å². The van der Waals surface area contributed by atoms with Crippen LogP contribution in [-0.2, 0) is 11.8 Å². The minimum atomic E-state index is -0.406. The maximum Gasteiger partial charge on any atom is 0.0726 e. The van der Waals surface area contributed by atoms with Crippen molar-refractivity contribution in [3.63, 3.8) is 0 Å². The molecule has 2 atom stereocenters. The number of anilines is 2. The lowest BCUT2D eigenvalue weighted by Crippen LogP contribution is -2.26. The van der Waals surface area contributed by atoms with Crippen LogP contribution in [0.1, 0.15) is 59.6 Å². The van der Waals surface area contributed by atoms with Crippen LogP contribution in [0.3, 0.4) is 0 Å². The standard InChI is InChI=1S/C31H31N3/c1-3-18(2)22-15-23-20-8-4-6-10-25(20)31(27(23)14-19(22)12-13-32)26-11-7-5-9-21(26)24-16-29(33)30(34)17-28(24)31/h4-11,14-18H,3,12-13,32-34H2,1-2H3. The van der Waals surface area contributed by atoms with Gasteiger partial charge in [-0.05, 0) is 93.1 Å². The van der Waals surface area contributed by atoms with Gasteiger partial charge in [-0.15, -0.1) is 0 Å². The zero-order valence-corrected chi connectivity index (χ0v) is 19.9. The molecule has 34 heavy (non-hydrogen) atoms. The van der Waals surface area contributed by atoms with E-state index >= 15 is 0 Å². The van der Waals surface area contributed by atoms with E-state index in [2.05, 4.69) is 86.6 Å².